The van der Waals surface area contributed by atoms with Crippen molar-refractivity contribution >= 4 is 23.1 Å². The molecule has 1 aromatic rings. The summed E-state index contributed by atoms with van der Waals surface area (Å²) in [7, 11) is 1.48. The van der Waals surface area contributed by atoms with Gasteiger partial charge in [-0.05, 0) is 18.2 Å². The van der Waals surface area contributed by atoms with Crippen molar-refractivity contribution in [2.75, 3.05) is 13.7 Å². The number of carbonyl (C=O) groups is 1. The Hall–Kier alpha value is -1.82. The van der Waals surface area contributed by atoms with E-state index < -0.39 is 5.91 Å². The number of ether oxygens (including phenoxy) is 2. The second kappa shape index (κ2) is 5.32. The van der Waals surface area contributed by atoms with Crippen LogP contribution in [0.15, 0.2) is 18.2 Å². The summed E-state index contributed by atoms with van der Waals surface area (Å²) in [6.07, 6.45) is 0. The van der Waals surface area contributed by atoms with Gasteiger partial charge in [0.15, 0.2) is 18.1 Å². The Morgan fingerprint density at radius 1 is 1.38 bits per heavy atom. The number of hydrogen-bond donors (Lipinski definition) is 2. The van der Waals surface area contributed by atoms with Crippen LogP contribution in [0.2, 0.25) is 0 Å². The molecule has 1 amide bonds. The molecule has 1 aromatic carbocycles. The molecule has 0 atom stereocenters. The Morgan fingerprint density at radius 2 is 2.06 bits per heavy atom. The molecule has 0 radical (unpaired) electrons. The molecule has 0 heterocycles. The van der Waals surface area contributed by atoms with E-state index >= 15 is 0 Å². The molecule has 0 unspecified atom stereocenters. The van der Waals surface area contributed by atoms with Crippen molar-refractivity contribution in [1.29, 1.82) is 0 Å². The molecule has 16 heavy (non-hydrogen) atoms. The third-order valence-electron chi connectivity index (χ3n) is 1.82. The number of carbonyl (C=O) groups excluding carboxylic acids is 1. The minimum absolute atomic E-state index is 0.206. The molecular weight excluding hydrogens is 228 g/mol. The molecule has 0 spiro atoms. The smallest absolute Gasteiger partial charge is 0.255 e. The molecule has 1 rings (SSSR count). The summed E-state index contributed by atoms with van der Waals surface area (Å²) in [5.41, 5.74) is 11.1. The number of hydrogen-bond acceptors (Lipinski definition) is 4. The average Bonchev–Trinajstić information content (AvgIpc) is 2.25. The highest BCUT2D eigenvalue weighted by atomic mass is 32.1. The molecule has 0 bridgehead atoms. The summed E-state index contributed by atoms with van der Waals surface area (Å²) in [5.74, 6) is 0.313. The second-order valence-corrected chi connectivity index (χ2v) is 3.42. The van der Waals surface area contributed by atoms with E-state index in [9.17, 15) is 4.79 Å². The molecule has 0 fully saturated rings. The van der Waals surface area contributed by atoms with Crippen molar-refractivity contribution in [3.05, 3.63) is 23.8 Å². The fraction of sp³-hybridized carbons (Fsp3) is 0.200. The first-order chi connectivity index (χ1) is 7.54. The van der Waals surface area contributed by atoms with Crippen molar-refractivity contribution in [3.63, 3.8) is 0 Å². The minimum atomic E-state index is -0.555. The highest BCUT2D eigenvalue weighted by Gasteiger charge is 2.08. The van der Waals surface area contributed by atoms with Crippen LogP contribution < -0.4 is 20.9 Å². The molecule has 0 aromatic heterocycles. The minimum Gasteiger partial charge on any atom is -0.493 e. The number of amides is 1. The van der Waals surface area contributed by atoms with E-state index in [2.05, 4.69) is 0 Å². The largest absolute Gasteiger partial charge is 0.493 e. The highest BCUT2D eigenvalue weighted by molar-refractivity contribution is 7.80. The first-order valence-electron chi connectivity index (χ1n) is 4.43. The predicted octanol–water partition coefficient (Wildman–Crippen LogP) is 0.193. The van der Waals surface area contributed by atoms with Crippen LogP contribution in [0, 0.1) is 0 Å². The first-order valence-corrected chi connectivity index (χ1v) is 4.84. The van der Waals surface area contributed by atoms with Crippen LogP contribution in [0.5, 0.6) is 11.5 Å². The monoisotopic (exact) mass is 240 g/mol. The third kappa shape index (κ3) is 3.09. The molecule has 0 saturated carbocycles. The zero-order valence-corrected chi connectivity index (χ0v) is 9.54. The fourth-order valence-corrected chi connectivity index (χ4v) is 1.22. The number of primary amides is 1. The predicted molar refractivity (Wildman–Crippen MR) is 63.6 cm³/mol. The van der Waals surface area contributed by atoms with Gasteiger partial charge in [0.05, 0.1) is 7.11 Å². The number of nitrogens with two attached hydrogens (primary N) is 2. The van der Waals surface area contributed by atoms with Gasteiger partial charge in [0.2, 0.25) is 0 Å². The number of rotatable bonds is 5. The molecule has 86 valence electrons. The number of benzene rings is 1. The number of methoxy groups -OCH3 is 1. The lowest BCUT2D eigenvalue weighted by molar-refractivity contribution is -0.119. The summed E-state index contributed by atoms with van der Waals surface area (Å²) >= 11 is 4.83. The lowest BCUT2D eigenvalue weighted by atomic mass is 10.2. The van der Waals surface area contributed by atoms with Crippen LogP contribution in [-0.4, -0.2) is 24.6 Å². The van der Waals surface area contributed by atoms with Gasteiger partial charge in [0.25, 0.3) is 5.91 Å². The van der Waals surface area contributed by atoms with E-state index in [4.69, 9.17) is 33.2 Å². The van der Waals surface area contributed by atoms with Crippen molar-refractivity contribution in [3.8, 4) is 11.5 Å². The molecule has 0 aliphatic rings. The average molecular weight is 240 g/mol. The topological polar surface area (TPSA) is 87.6 Å². The maximum atomic E-state index is 10.6. The van der Waals surface area contributed by atoms with Crippen LogP contribution in [-0.2, 0) is 4.79 Å². The molecule has 6 heteroatoms. The van der Waals surface area contributed by atoms with Gasteiger partial charge in [-0.3, -0.25) is 4.79 Å². The van der Waals surface area contributed by atoms with Gasteiger partial charge in [-0.15, -0.1) is 0 Å². The molecular formula is C10H12N2O3S. The van der Waals surface area contributed by atoms with Crippen molar-refractivity contribution in [2.24, 2.45) is 11.5 Å². The lowest BCUT2D eigenvalue weighted by Gasteiger charge is -2.10. The van der Waals surface area contributed by atoms with Gasteiger partial charge in [-0.25, -0.2) is 0 Å². The van der Waals surface area contributed by atoms with Crippen LogP contribution >= 0.6 is 12.2 Å². The third-order valence-corrected chi connectivity index (χ3v) is 2.05. The molecule has 4 N–H and O–H groups in total. The molecule has 0 aliphatic carbocycles. The molecule has 0 aliphatic heterocycles. The van der Waals surface area contributed by atoms with Crippen molar-refractivity contribution in [1.82, 2.24) is 0 Å². The highest BCUT2D eigenvalue weighted by Crippen LogP contribution is 2.27. The van der Waals surface area contributed by atoms with Crippen molar-refractivity contribution in [2.45, 2.75) is 0 Å². The fourth-order valence-electron chi connectivity index (χ4n) is 1.09. The van der Waals surface area contributed by atoms with E-state index in [1.165, 1.54) is 7.11 Å². The molecule has 0 saturated heterocycles. The van der Waals surface area contributed by atoms with E-state index in [0.717, 1.165) is 0 Å². The van der Waals surface area contributed by atoms with E-state index in [1.807, 2.05) is 0 Å². The van der Waals surface area contributed by atoms with Gasteiger partial charge in [-0.2, -0.15) is 0 Å². The summed E-state index contributed by atoms with van der Waals surface area (Å²) in [6, 6.07) is 4.94. The van der Waals surface area contributed by atoms with Gasteiger partial charge in [-0.1, -0.05) is 12.2 Å². The Morgan fingerprint density at radius 3 is 2.56 bits per heavy atom. The maximum Gasteiger partial charge on any atom is 0.255 e. The standard InChI is InChI=1S/C10H12N2O3S/c1-14-8-4-6(10(12)16)2-3-7(8)15-5-9(11)13/h2-4H,5H2,1H3,(H2,11,13)(H2,12,16). The molecule has 5 nitrogen and oxygen atoms in total. The normalized spacial score (nSPS) is 9.56. The van der Waals surface area contributed by atoms with Crippen LogP contribution in [0.3, 0.4) is 0 Å². The summed E-state index contributed by atoms with van der Waals surface area (Å²) in [5, 5.41) is 0. The summed E-state index contributed by atoms with van der Waals surface area (Å²) < 4.78 is 10.2. The zero-order chi connectivity index (χ0) is 12.1. The zero-order valence-electron chi connectivity index (χ0n) is 8.73. The Balaban J connectivity index is 2.93. The van der Waals surface area contributed by atoms with E-state index in [0.29, 0.717) is 17.1 Å². The second-order valence-electron chi connectivity index (χ2n) is 2.98. The van der Waals surface area contributed by atoms with Gasteiger partial charge >= 0.3 is 0 Å². The Labute approximate surface area is 98.3 Å². The van der Waals surface area contributed by atoms with Crippen LogP contribution in [0.1, 0.15) is 5.56 Å². The maximum absolute atomic E-state index is 10.6. The van der Waals surface area contributed by atoms with Gasteiger partial charge < -0.3 is 20.9 Å². The van der Waals surface area contributed by atoms with Crippen molar-refractivity contribution < 1.29 is 14.3 Å². The van der Waals surface area contributed by atoms with Gasteiger partial charge in [0, 0.05) is 5.56 Å². The van der Waals surface area contributed by atoms with E-state index in [1.54, 1.807) is 18.2 Å². The lowest BCUT2D eigenvalue weighted by Crippen LogP contribution is -2.20. The SMILES string of the molecule is COc1cc(C(N)=S)ccc1OCC(N)=O. The Kier molecular flexibility index (Phi) is 4.07. The summed E-state index contributed by atoms with van der Waals surface area (Å²) in [6.45, 7) is -0.206. The quantitative estimate of drug-likeness (QED) is 0.717. The van der Waals surface area contributed by atoms with E-state index in [-0.39, 0.29) is 11.6 Å². The number of thiocarbonyl (C=S) groups is 1. The Bertz CT molecular complexity index is 421. The first kappa shape index (κ1) is 12.3. The van der Waals surface area contributed by atoms with Crippen LogP contribution in [0.25, 0.3) is 0 Å². The van der Waals surface area contributed by atoms with Crippen LogP contribution in [0.4, 0.5) is 0 Å². The van der Waals surface area contributed by atoms with Gasteiger partial charge in [0.1, 0.15) is 4.99 Å². The summed E-state index contributed by atoms with van der Waals surface area (Å²) in [4.78, 5) is 10.8.